The normalized spacial score (nSPS) is 20.0. The molecule has 0 bridgehead atoms. The second kappa shape index (κ2) is 8.70. The van der Waals surface area contributed by atoms with Crippen LogP contribution in [0.4, 0.5) is 0 Å². The van der Waals surface area contributed by atoms with Crippen molar-refractivity contribution in [2.24, 2.45) is 10.9 Å². The third kappa shape index (κ3) is 5.78. The molecule has 21 heavy (non-hydrogen) atoms. The molecule has 2 aliphatic rings. The Balaban J connectivity index is 1.54. The molecule has 1 fully saturated rings. The van der Waals surface area contributed by atoms with Gasteiger partial charge in [-0.2, -0.15) is 0 Å². The summed E-state index contributed by atoms with van der Waals surface area (Å²) in [5.74, 6) is 1.61. The SMILES string of the molecule is CN=C(NCCNC(=O)CC1CCCC1)NC1CC=CC1. The van der Waals surface area contributed by atoms with Gasteiger partial charge in [-0.15, -0.1) is 0 Å². The number of carbonyl (C=O) groups excluding carboxylic acids is 1. The summed E-state index contributed by atoms with van der Waals surface area (Å²) >= 11 is 0. The first-order valence-corrected chi connectivity index (χ1v) is 8.17. The summed E-state index contributed by atoms with van der Waals surface area (Å²) < 4.78 is 0. The molecule has 0 heterocycles. The van der Waals surface area contributed by atoms with Crippen LogP contribution < -0.4 is 16.0 Å². The van der Waals surface area contributed by atoms with Crippen LogP contribution in [0.15, 0.2) is 17.1 Å². The fraction of sp³-hybridized carbons (Fsp3) is 0.750. The molecule has 2 rings (SSSR count). The summed E-state index contributed by atoms with van der Waals surface area (Å²) in [4.78, 5) is 16.0. The average molecular weight is 292 g/mol. The number of rotatable bonds is 6. The van der Waals surface area contributed by atoms with Gasteiger partial charge in [0.25, 0.3) is 0 Å². The highest BCUT2D eigenvalue weighted by Gasteiger charge is 2.18. The molecule has 0 aliphatic heterocycles. The topological polar surface area (TPSA) is 65.5 Å². The first-order chi connectivity index (χ1) is 10.3. The number of carbonyl (C=O) groups is 1. The van der Waals surface area contributed by atoms with Crippen molar-refractivity contribution in [3.8, 4) is 0 Å². The summed E-state index contributed by atoms with van der Waals surface area (Å²) in [6.07, 6.45) is 12.2. The molecule has 5 nitrogen and oxygen atoms in total. The van der Waals surface area contributed by atoms with E-state index in [1.807, 2.05) is 0 Å². The number of nitrogens with one attached hydrogen (secondary N) is 3. The van der Waals surface area contributed by atoms with E-state index >= 15 is 0 Å². The lowest BCUT2D eigenvalue weighted by Gasteiger charge is -2.17. The summed E-state index contributed by atoms with van der Waals surface area (Å²) in [5.41, 5.74) is 0. The minimum atomic E-state index is 0.187. The Kier molecular flexibility index (Phi) is 6.57. The van der Waals surface area contributed by atoms with Crippen LogP contribution in [0.2, 0.25) is 0 Å². The summed E-state index contributed by atoms with van der Waals surface area (Å²) in [7, 11) is 1.77. The fourth-order valence-electron chi connectivity index (χ4n) is 3.05. The van der Waals surface area contributed by atoms with Crippen molar-refractivity contribution in [3.63, 3.8) is 0 Å². The number of hydrogen-bond donors (Lipinski definition) is 3. The van der Waals surface area contributed by atoms with E-state index in [1.54, 1.807) is 7.05 Å². The maximum absolute atomic E-state index is 11.8. The molecule has 3 N–H and O–H groups in total. The van der Waals surface area contributed by atoms with Gasteiger partial charge >= 0.3 is 0 Å². The van der Waals surface area contributed by atoms with Crippen LogP contribution in [0.1, 0.15) is 44.9 Å². The van der Waals surface area contributed by atoms with Crippen LogP contribution in [0, 0.1) is 5.92 Å². The monoisotopic (exact) mass is 292 g/mol. The van der Waals surface area contributed by atoms with Gasteiger partial charge in [0.1, 0.15) is 0 Å². The van der Waals surface area contributed by atoms with Crippen molar-refractivity contribution in [1.29, 1.82) is 0 Å². The average Bonchev–Trinajstić information content (AvgIpc) is 3.15. The Morgan fingerprint density at radius 3 is 2.48 bits per heavy atom. The van der Waals surface area contributed by atoms with Crippen molar-refractivity contribution < 1.29 is 4.79 Å². The predicted octanol–water partition coefficient (Wildman–Crippen LogP) is 1.57. The Labute approximate surface area is 127 Å². The van der Waals surface area contributed by atoms with Gasteiger partial charge in [-0.05, 0) is 31.6 Å². The van der Waals surface area contributed by atoms with E-state index in [-0.39, 0.29) is 5.91 Å². The Bertz CT molecular complexity index is 378. The molecule has 0 aromatic heterocycles. The number of nitrogens with zero attached hydrogens (tertiary/aromatic N) is 1. The van der Waals surface area contributed by atoms with Gasteiger partial charge in [-0.25, -0.2) is 0 Å². The molecular formula is C16H28N4O. The van der Waals surface area contributed by atoms with Crippen molar-refractivity contribution >= 4 is 11.9 Å². The number of amides is 1. The molecule has 1 amide bonds. The van der Waals surface area contributed by atoms with E-state index in [0.29, 0.717) is 31.5 Å². The molecule has 2 aliphatic carbocycles. The zero-order valence-electron chi connectivity index (χ0n) is 13.0. The molecule has 0 aromatic rings. The molecule has 0 unspecified atom stereocenters. The van der Waals surface area contributed by atoms with Crippen LogP contribution in [-0.2, 0) is 4.79 Å². The van der Waals surface area contributed by atoms with Crippen LogP contribution in [-0.4, -0.2) is 38.0 Å². The van der Waals surface area contributed by atoms with Crippen LogP contribution in [0.3, 0.4) is 0 Å². The number of guanidine groups is 1. The van der Waals surface area contributed by atoms with E-state index in [2.05, 4.69) is 33.1 Å². The first kappa shape index (κ1) is 15.9. The number of hydrogen-bond acceptors (Lipinski definition) is 2. The Hall–Kier alpha value is -1.52. The van der Waals surface area contributed by atoms with Gasteiger partial charge in [0.2, 0.25) is 5.91 Å². The van der Waals surface area contributed by atoms with Crippen molar-refractivity contribution in [2.75, 3.05) is 20.1 Å². The van der Waals surface area contributed by atoms with E-state index in [0.717, 1.165) is 18.8 Å². The van der Waals surface area contributed by atoms with Gasteiger partial charge < -0.3 is 16.0 Å². The first-order valence-electron chi connectivity index (χ1n) is 8.17. The molecule has 0 radical (unpaired) electrons. The second-order valence-corrected chi connectivity index (χ2v) is 5.99. The van der Waals surface area contributed by atoms with Crippen molar-refractivity contribution in [2.45, 2.75) is 51.0 Å². The molecule has 5 heteroatoms. The van der Waals surface area contributed by atoms with Crippen LogP contribution in [0.5, 0.6) is 0 Å². The third-order valence-corrected chi connectivity index (χ3v) is 4.26. The van der Waals surface area contributed by atoms with E-state index in [4.69, 9.17) is 0 Å². The van der Waals surface area contributed by atoms with Gasteiger partial charge in [0.05, 0.1) is 0 Å². The minimum absolute atomic E-state index is 0.187. The quantitative estimate of drug-likeness (QED) is 0.301. The third-order valence-electron chi connectivity index (χ3n) is 4.26. The maximum Gasteiger partial charge on any atom is 0.220 e. The van der Waals surface area contributed by atoms with Crippen molar-refractivity contribution in [3.05, 3.63) is 12.2 Å². The smallest absolute Gasteiger partial charge is 0.220 e. The minimum Gasteiger partial charge on any atom is -0.355 e. The Morgan fingerprint density at radius 2 is 1.81 bits per heavy atom. The molecule has 118 valence electrons. The van der Waals surface area contributed by atoms with Gasteiger partial charge in [0, 0.05) is 32.6 Å². The van der Waals surface area contributed by atoms with Gasteiger partial charge in [-0.3, -0.25) is 9.79 Å². The van der Waals surface area contributed by atoms with E-state index in [1.165, 1.54) is 25.7 Å². The molecular weight excluding hydrogens is 264 g/mol. The molecule has 1 saturated carbocycles. The highest BCUT2D eigenvalue weighted by Crippen LogP contribution is 2.27. The lowest BCUT2D eigenvalue weighted by Crippen LogP contribution is -2.45. The molecule has 0 spiro atoms. The zero-order chi connectivity index (χ0) is 14.9. The lowest BCUT2D eigenvalue weighted by molar-refractivity contribution is -0.121. The van der Waals surface area contributed by atoms with E-state index in [9.17, 15) is 4.79 Å². The Morgan fingerprint density at radius 1 is 1.14 bits per heavy atom. The lowest BCUT2D eigenvalue weighted by atomic mass is 10.0. The number of aliphatic imine (C=N–C) groups is 1. The maximum atomic E-state index is 11.8. The second-order valence-electron chi connectivity index (χ2n) is 5.99. The molecule has 0 aromatic carbocycles. The molecule has 0 saturated heterocycles. The standard InChI is InChI=1S/C16H28N4O/c1-17-16(20-14-8-4-5-9-14)19-11-10-18-15(21)12-13-6-2-3-7-13/h4-5,13-14H,2-3,6-12H2,1H3,(H,18,21)(H2,17,19,20). The van der Waals surface area contributed by atoms with Crippen molar-refractivity contribution in [1.82, 2.24) is 16.0 Å². The molecule has 0 atom stereocenters. The fourth-order valence-corrected chi connectivity index (χ4v) is 3.05. The van der Waals surface area contributed by atoms with Crippen LogP contribution in [0.25, 0.3) is 0 Å². The van der Waals surface area contributed by atoms with Crippen LogP contribution >= 0.6 is 0 Å². The van der Waals surface area contributed by atoms with Gasteiger partial charge in [0.15, 0.2) is 5.96 Å². The summed E-state index contributed by atoms with van der Waals surface area (Å²) in [6, 6.07) is 0.452. The van der Waals surface area contributed by atoms with Gasteiger partial charge in [-0.1, -0.05) is 25.0 Å². The highest BCUT2D eigenvalue weighted by molar-refractivity contribution is 5.80. The highest BCUT2D eigenvalue weighted by atomic mass is 16.1. The zero-order valence-corrected chi connectivity index (χ0v) is 13.0. The largest absolute Gasteiger partial charge is 0.355 e. The summed E-state index contributed by atoms with van der Waals surface area (Å²) in [6.45, 7) is 1.35. The summed E-state index contributed by atoms with van der Waals surface area (Å²) in [5, 5.41) is 9.60. The van der Waals surface area contributed by atoms with E-state index < -0.39 is 0 Å². The predicted molar refractivity (Wildman–Crippen MR) is 86.2 cm³/mol.